The average molecular weight is 389 g/mol. The summed E-state index contributed by atoms with van der Waals surface area (Å²) in [5.41, 5.74) is 1.46. The van der Waals surface area contributed by atoms with Gasteiger partial charge in [-0.2, -0.15) is 0 Å². The summed E-state index contributed by atoms with van der Waals surface area (Å²) in [6, 6.07) is 10.8. The topological polar surface area (TPSA) is 109 Å². The smallest absolute Gasteiger partial charge is 0.335 e. The Bertz CT molecular complexity index is 1020. The lowest BCUT2D eigenvalue weighted by Gasteiger charge is -2.06. The molecular formula is C17H15N3O4S2. The van der Waals surface area contributed by atoms with Crippen molar-refractivity contribution < 1.29 is 18.3 Å². The zero-order valence-corrected chi connectivity index (χ0v) is 15.1. The van der Waals surface area contributed by atoms with Crippen LogP contribution >= 0.6 is 11.3 Å². The summed E-state index contributed by atoms with van der Waals surface area (Å²) in [6.45, 7) is 0.158. The van der Waals surface area contributed by atoms with Gasteiger partial charge in [-0.3, -0.25) is 4.98 Å². The summed E-state index contributed by atoms with van der Waals surface area (Å²) in [4.78, 5) is 19.6. The van der Waals surface area contributed by atoms with Crippen molar-refractivity contribution in [2.75, 3.05) is 6.54 Å². The molecule has 0 saturated heterocycles. The van der Waals surface area contributed by atoms with Crippen LogP contribution in [0, 0.1) is 0 Å². The fourth-order valence-corrected chi connectivity index (χ4v) is 4.13. The first-order valence-corrected chi connectivity index (χ1v) is 10.0. The molecule has 0 amide bonds. The van der Waals surface area contributed by atoms with Gasteiger partial charge in [-0.25, -0.2) is 22.9 Å². The number of sulfonamides is 1. The Morgan fingerprint density at radius 3 is 2.77 bits per heavy atom. The Morgan fingerprint density at radius 2 is 2.04 bits per heavy atom. The second-order valence-corrected chi connectivity index (χ2v) is 7.96. The van der Waals surface area contributed by atoms with Gasteiger partial charge in [-0.05, 0) is 30.3 Å². The first-order valence-electron chi connectivity index (χ1n) is 7.64. The normalized spacial score (nSPS) is 11.4. The number of thiazole rings is 1. The molecule has 0 bridgehead atoms. The van der Waals surface area contributed by atoms with Crippen LogP contribution < -0.4 is 4.72 Å². The number of carboxylic acid groups (broad SMARTS) is 1. The van der Waals surface area contributed by atoms with Crippen molar-refractivity contribution >= 4 is 27.3 Å². The summed E-state index contributed by atoms with van der Waals surface area (Å²) in [5.74, 6) is -1.17. The fourth-order valence-electron chi connectivity index (χ4n) is 2.22. The van der Waals surface area contributed by atoms with Crippen LogP contribution in [0.15, 0.2) is 58.9 Å². The van der Waals surface area contributed by atoms with Crippen LogP contribution in [0.5, 0.6) is 0 Å². The van der Waals surface area contributed by atoms with E-state index in [2.05, 4.69) is 14.7 Å². The Kier molecular flexibility index (Phi) is 5.40. The van der Waals surface area contributed by atoms with Crippen molar-refractivity contribution in [2.24, 2.45) is 0 Å². The molecule has 0 aliphatic rings. The van der Waals surface area contributed by atoms with Gasteiger partial charge in [0.15, 0.2) is 0 Å². The third-order valence-electron chi connectivity index (χ3n) is 3.50. The van der Waals surface area contributed by atoms with Crippen LogP contribution in [0.3, 0.4) is 0 Å². The van der Waals surface area contributed by atoms with Gasteiger partial charge in [-0.15, -0.1) is 11.3 Å². The highest BCUT2D eigenvalue weighted by Gasteiger charge is 2.16. The molecule has 0 unspecified atom stereocenters. The van der Waals surface area contributed by atoms with Crippen LogP contribution in [0.25, 0.3) is 10.7 Å². The quantitative estimate of drug-likeness (QED) is 0.642. The van der Waals surface area contributed by atoms with E-state index in [0.717, 1.165) is 22.5 Å². The SMILES string of the molecule is O=C(O)c1cccc(S(=O)(=O)NCCc2csc(-c3ccccn3)n2)c1. The van der Waals surface area contributed by atoms with Crippen LogP contribution in [-0.4, -0.2) is 36.0 Å². The molecule has 0 aliphatic carbocycles. The minimum absolute atomic E-state index is 0.0765. The largest absolute Gasteiger partial charge is 0.478 e. The van der Waals surface area contributed by atoms with Crippen molar-refractivity contribution in [2.45, 2.75) is 11.3 Å². The molecule has 9 heteroatoms. The van der Waals surface area contributed by atoms with Gasteiger partial charge < -0.3 is 5.11 Å². The van der Waals surface area contributed by atoms with E-state index >= 15 is 0 Å². The van der Waals surface area contributed by atoms with E-state index in [0.29, 0.717) is 6.42 Å². The molecule has 0 spiro atoms. The standard InChI is InChI=1S/C17H15N3O4S2/c21-17(22)12-4-3-5-14(10-12)26(23,24)19-9-7-13-11-25-16(20-13)15-6-1-2-8-18-15/h1-6,8,10-11,19H,7,9H2,(H,21,22). The maximum atomic E-state index is 12.3. The van der Waals surface area contributed by atoms with Crippen LogP contribution in [-0.2, 0) is 16.4 Å². The molecule has 2 heterocycles. The van der Waals surface area contributed by atoms with Crippen LogP contribution in [0.1, 0.15) is 16.1 Å². The molecule has 1 aromatic carbocycles. The Labute approximate surface area is 154 Å². The van der Waals surface area contributed by atoms with Crippen LogP contribution in [0.2, 0.25) is 0 Å². The molecule has 0 aliphatic heterocycles. The molecule has 2 N–H and O–H groups in total. The van der Waals surface area contributed by atoms with Crippen LogP contribution in [0.4, 0.5) is 0 Å². The summed E-state index contributed by atoms with van der Waals surface area (Å²) >= 11 is 1.45. The van der Waals surface area contributed by atoms with Crippen molar-refractivity contribution in [3.8, 4) is 10.7 Å². The highest BCUT2D eigenvalue weighted by atomic mass is 32.2. The van der Waals surface area contributed by atoms with Gasteiger partial charge in [0, 0.05) is 24.5 Å². The summed E-state index contributed by atoms with van der Waals surface area (Å²) < 4.78 is 27.1. The maximum Gasteiger partial charge on any atom is 0.335 e. The van der Waals surface area contributed by atoms with Gasteiger partial charge in [0.25, 0.3) is 0 Å². The number of carbonyl (C=O) groups is 1. The number of pyridine rings is 1. The lowest BCUT2D eigenvalue weighted by molar-refractivity contribution is 0.0696. The molecule has 0 radical (unpaired) electrons. The minimum atomic E-state index is -3.78. The third-order valence-corrected chi connectivity index (χ3v) is 5.87. The minimum Gasteiger partial charge on any atom is -0.478 e. The lowest BCUT2D eigenvalue weighted by Crippen LogP contribution is -2.26. The van der Waals surface area contributed by atoms with E-state index < -0.39 is 16.0 Å². The molecule has 0 saturated carbocycles. The third kappa shape index (κ3) is 4.31. The second-order valence-electron chi connectivity index (χ2n) is 5.34. The summed E-state index contributed by atoms with van der Waals surface area (Å²) in [7, 11) is -3.78. The van der Waals surface area contributed by atoms with Gasteiger partial charge in [0.2, 0.25) is 10.0 Å². The number of carboxylic acids is 1. The highest BCUT2D eigenvalue weighted by molar-refractivity contribution is 7.89. The number of aromatic carboxylic acids is 1. The van der Waals surface area contributed by atoms with E-state index in [1.165, 1.54) is 29.5 Å². The summed E-state index contributed by atoms with van der Waals surface area (Å²) in [5, 5.41) is 11.6. The number of aromatic nitrogens is 2. The van der Waals surface area contributed by atoms with E-state index in [1.54, 1.807) is 6.20 Å². The monoisotopic (exact) mass is 389 g/mol. The van der Waals surface area contributed by atoms with E-state index in [-0.39, 0.29) is 17.0 Å². The summed E-state index contributed by atoms with van der Waals surface area (Å²) in [6.07, 6.45) is 2.11. The van der Waals surface area contributed by atoms with E-state index in [1.807, 2.05) is 23.6 Å². The van der Waals surface area contributed by atoms with Crippen molar-refractivity contribution in [3.63, 3.8) is 0 Å². The zero-order chi connectivity index (χ0) is 18.6. The maximum absolute atomic E-state index is 12.3. The molecular weight excluding hydrogens is 374 g/mol. The van der Waals surface area contributed by atoms with Crippen molar-refractivity contribution in [3.05, 3.63) is 65.3 Å². The number of hydrogen-bond acceptors (Lipinski definition) is 6. The first-order chi connectivity index (χ1) is 12.5. The van der Waals surface area contributed by atoms with Crippen molar-refractivity contribution in [1.82, 2.24) is 14.7 Å². The molecule has 0 fully saturated rings. The Hall–Kier alpha value is -2.62. The predicted molar refractivity (Wildman–Crippen MR) is 97.6 cm³/mol. The lowest BCUT2D eigenvalue weighted by atomic mass is 10.2. The molecule has 3 rings (SSSR count). The molecule has 3 aromatic rings. The Morgan fingerprint density at radius 1 is 1.19 bits per heavy atom. The number of hydrogen-bond donors (Lipinski definition) is 2. The van der Waals surface area contributed by atoms with Gasteiger partial charge in [-0.1, -0.05) is 12.1 Å². The zero-order valence-electron chi connectivity index (χ0n) is 13.5. The van der Waals surface area contributed by atoms with Gasteiger partial charge in [0.1, 0.15) is 5.01 Å². The molecule has 134 valence electrons. The molecule has 26 heavy (non-hydrogen) atoms. The first kappa shape index (κ1) is 18.2. The second kappa shape index (κ2) is 7.73. The van der Waals surface area contributed by atoms with Gasteiger partial charge >= 0.3 is 5.97 Å². The average Bonchev–Trinajstić information content (AvgIpc) is 3.11. The number of rotatable bonds is 7. The molecule has 0 atom stereocenters. The number of nitrogens with zero attached hydrogens (tertiary/aromatic N) is 2. The van der Waals surface area contributed by atoms with E-state index in [9.17, 15) is 13.2 Å². The van der Waals surface area contributed by atoms with Gasteiger partial charge in [0.05, 0.1) is 21.8 Å². The predicted octanol–water partition coefficient (Wildman–Crippen LogP) is 2.42. The number of nitrogens with one attached hydrogen (secondary N) is 1. The van der Waals surface area contributed by atoms with E-state index in [4.69, 9.17) is 5.11 Å². The fraction of sp³-hybridized carbons (Fsp3) is 0.118. The molecule has 7 nitrogen and oxygen atoms in total. The molecule has 2 aromatic heterocycles. The van der Waals surface area contributed by atoms with Crippen molar-refractivity contribution in [1.29, 1.82) is 0 Å². The highest BCUT2D eigenvalue weighted by Crippen LogP contribution is 2.21. The number of benzene rings is 1. The Balaban J connectivity index is 1.63.